The molecule has 0 heterocycles. The number of nitrogens with two attached hydrogens (primary N) is 2. The van der Waals surface area contributed by atoms with Gasteiger partial charge in [0.1, 0.15) is 0 Å². The summed E-state index contributed by atoms with van der Waals surface area (Å²) >= 11 is 1.70. The third-order valence-corrected chi connectivity index (χ3v) is 3.24. The molecule has 0 fully saturated rings. The van der Waals surface area contributed by atoms with Crippen LogP contribution in [0.25, 0.3) is 0 Å². The monoisotopic (exact) mass is 220 g/mol. The normalized spacial score (nSPS) is 17.4. The SMILES string of the molecule is CC(CC(C)(N)C(N)=O)SCCCO. The largest absolute Gasteiger partial charge is 0.396 e. The van der Waals surface area contributed by atoms with Crippen molar-refractivity contribution in [2.75, 3.05) is 12.4 Å². The van der Waals surface area contributed by atoms with Gasteiger partial charge >= 0.3 is 0 Å². The van der Waals surface area contributed by atoms with Crippen molar-refractivity contribution < 1.29 is 9.90 Å². The maximum absolute atomic E-state index is 10.9. The Morgan fingerprint density at radius 1 is 1.64 bits per heavy atom. The Labute approximate surface area is 89.4 Å². The van der Waals surface area contributed by atoms with Gasteiger partial charge in [-0.15, -0.1) is 0 Å². The van der Waals surface area contributed by atoms with Crippen molar-refractivity contribution in [3.05, 3.63) is 0 Å². The van der Waals surface area contributed by atoms with Crippen LogP contribution in [-0.2, 0) is 4.79 Å². The zero-order valence-corrected chi connectivity index (χ0v) is 9.64. The molecule has 84 valence electrons. The number of aliphatic hydroxyl groups is 1. The van der Waals surface area contributed by atoms with E-state index in [1.807, 2.05) is 6.92 Å². The lowest BCUT2D eigenvalue weighted by Gasteiger charge is -2.24. The van der Waals surface area contributed by atoms with Gasteiger partial charge in [-0.25, -0.2) is 0 Å². The van der Waals surface area contributed by atoms with Crippen LogP contribution in [0, 0.1) is 0 Å². The Hall–Kier alpha value is -0.260. The van der Waals surface area contributed by atoms with E-state index in [4.69, 9.17) is 16.6 Å². The molecule has 2 atom stereocenters. The molecule has 0 aliphatic rings. The number of rotatable bonds is 7. The number of carbonyl (C=O) groups is 1. The molecule has 0 aromatic carbocycles. The Morgan fingerprint density at radius 2 is 2.21 bits per heavy atom. The summed E-state index contributed by atoms with van der Waals surface area (Å²) in [7, 11) is 0. The summed E-state index contributed by atoms with van der Waals surface area (Å²) in [4.78, 5) is 10.9. The predicted octanol–water partition coefficient (Wildman–Crippen LogP) is 0.0833. The summed E-state index contributed by atoms with van der Waals surface area (Å²) in [5.41, 5.74) is 9.96. The minimum atomic E-state index is -0.925. The molecule has 1 amide bonds. The first-order valence-electron chi connectivity index (χ1n) is 4.71. The molecule has 0 spiro atoms. The molecule has 0 aliphatic carbocycles. The molecule has 14 heavy (non-hydrogen) atoms. The van der Waals surface area contributed by atoms with Crippen molar-refractivity contribution in [2.24, 2.45) is 11.5 Å². The molecular formula is C9H20N2O2S. The average molecular weight is 220 g/mol. The molecule has 0 rings (SSSR count). The van der Waals surface area contributed by atoms with E-state index < -0.39 is 11.4 Å². The first-order valence-corrected chi connectivity index (χ1v) is 5.76. The average Bonchev–Trinajstić information content (AvgIpc) is 2.03. The van der Waals surface area contributed by atoms with Crippen LogP contribution in [0.2, 0.25) is 0 Å². The Morgan fingerprint density at radius 3 is 2.64 bits per heavy atom. The quantitative estimate of drug-likeness (QED) is 0.530. The topological polar surface area (TPSA) is 89.3 Å². The van der Waals surface area contributed by atoms with Crippen molar-refractivity contribution in [3.8, 4) is 0 Å². The van der Waals surface area contributed by atoms with Gasteiger partial charge in [0.15, 0.2) is 0 Å². The molecule has 0 saturated heterocycles. The highest BCUT2D eigenvalue weighted by Crippen LogP contribution is 2.20. The first kappa shape index (κ1) is 13.7. The van der Waals surface area contributed by atoms with Crippen LogP contribution < -0.4 is 11.5 Å². The third kappa shape index (κ3) is 5.47. The van der Waals surface area contributed by atoms with Gasteiger partial charge in [0.05, 0.1) is 5.54 Å². The van der Waals surface area contributed by atoms with Gasteiger partial charge < -0.3 is 16.6 Å². The minimum Gasteiger partial charge on any atom is -0.396 e. The molecule has 0 saturated carbocycles. The predicted molar refractivity (Wildman–Crippen MR) is 60.0 cm³/mol. The maximum atomic E-state index is 10.9. The summed E-state index contributed by atoms with van der Waals surface area (Å²) in [6.07, 6.45) is 1.34. The lowest BCUT2D eigenvalue weighted by molar-refractivity contribution is -0.122. The smallest absolute Gasteiger partial charge is 0.237 e. The summed E-state index contributed by atoms with van der Waals surface area (Å²) in [5.74, 6) is 0.416. The van der Waals surface area contributed by atoms with Crippen molar-refractivity contribution in [1.29, 1.82) is 0 Å². The van der Waals surface area contributed by atoms with Gasteiger partial charge in [0.25, 0.3) is 0 Å². The second kappa shape index (κ2) is 6.27. The van der Waals surface area contributed by atoms with E-state index >= 15 is 0 Å². The Balaban J connectivity index is 3.81. The van der Waals surface area contributed by atoms with E-state index in [9.17, 15) is 4.79 Å². The molecule has 5 heteroatoms. The van der Waals surface area contributed by atoms with Gasteiger partial charge in [-0.3, -0.25) is 4.79 Å². The molecule has 2 unspecified atom stereocenters. The van der Waals surface area contributed by atoms with Crippen molar-refractivity contribution in [2.45, 2.75) is 37.5 Å². The van der Waals surface area contributed by atoms with Crippen molar-refractivity contribution in [3.63, 3.8) is 0 Å². The molecule has 0 aliphatic heterocycles. The number of primary amides is 1. The van der Waals surface area contributed by atoms with E-state index in [2.05, 4.69) is 0 Å². The summed E-state index contributed by atoms with van der Waals surface area (Å²) < 4.78 is 0. The molecular weight excluding hydrogens is 200 g/mol. The van der Waals surface area contributed by atoms with Crippen LogP contribution in [0.15, 0.2) is 0 Å². The van der Waals surface area contributed by atoms with E-state index in [0.29, 0.717) is 6.42 Å². The fourth-order valence-corrected chi connectivity index (χ4v) is 2.27. The lowest BCUT2D eigenvalue weighted by atomic mass is 9.97. The van der Waals surface area contributed by atoms with Crippen LogP contribution in [0.5, 0.6) is 0 Å². The van der Waals surface area contributed by atoms with Crippen LogP contribution in [-0.4, -0.2) is 34.2 Å². The van der Waals surface area contributed by atoms with Crippen LogP contribution in [0.4, 0.5) is 0 Å². The van der Waals surface area contributed by atoms with Crippen molar-refractivity contribution >= 4 is 17.7 Å². The fourth-order valence-electron chi connectivity index (χ4n) is 1.11. The highest BCUT2D eigenvalue weighted by molar-refractivity contribution is 7.99. The molecule has 0 bridgehead atoms. The van der Waals surface area contributed by atoms with Crippen LogP contribution in [0.3, 0.4) is 0 Å². The summed E-state index contributed by atoms with van der Waals surface area (Å²) in [5, 5.41) is 8.87. The number of thioether (sulfide) groups is 1. The minimum absolute atomic E-state index is 0.204. The van der Waals surface area contributed by atoms with Gasteiger partial charge in [0.2, 0.25) is 5.91 Å². The second-order valence-corrected chi connectivity index (χ2v) is 5.29. The third-order valence-electron chi connectivity index (χ3n) is 1.98. The number of hydrogen-bond acceptors (Lipinski definition) is 4. The Bertz CT molecular complexity index is 186. The summed E-state index contributed by atoms with van der Waals surface area (Å²) in [6.45, 7) is 3.87. The molecule has 4 nitrogen and oxygen atoms in total. The van der Waals surface area contributed by atoms with E-state index in [1.54, 1.807) is 18.7 Å². The number of hydrogen-bond donors (Lipinski definition) is 3. The van der Waals surface area contributed by atoms with Crippen LogP contribution >= 0.6 is 11.8 Å². The van der Waals surface area contributed by atoms with Gasteiger partial charge in [-0.1, -0.05) is 6.92 Å². The fraction of sp³-hybridized carbons (Fsp3) is 0.889. The molecule has 5 N–H and O–H groups in total. The van der Waals surface area contributed by atoms with E-state index in [-0.39, 0.29) is 11.9 Å². The lowest BCUT2D eigenvalue weighted by Crippen LogP contribution is -2.50. The highest BCUT2D eigenvalue weighted by atomic mass is 32.2. The van der Waals surface area contributed by atoms with Crippen LogP contribution in [0.1, 0.15) is 26.7 Å². The Kier molecular flexibility index (Phi) is 6.15. The number of carbonyl (C=O) groups excluding carboxylic acids is 1. The van der Waals surface area contributed by atoms with E-state index in [0.717, 1.165) is 12.2 Å². The maximum Gasteiger partial charge on any atom is 0.237 e. The van der Waals surface area contributed by atoms with Gasteiger partial charge in [-0.2, -0.15) is 11.8 Å². The van der Waals surface area contributed by atoms with E-state index in [1.165, 1.54) is 0 Å². The van der Waals surface area contributed by atoms with Gasteiger partial charge in [-0.05, 0) is 25.5 Å². The zero-order valence-electron chi connectivity index (χ0n) is 8.82. The van der Waals surface area contributed by atoms with Crippen molar-refractivity contribution in [1.82, 2.24) is 0 Å². The highest BCUT2D eigenvalue weighted by Gasteiger charge is 2.27. The second-order valence-electron chi connectivity index (χ2n) is 3.74. The molecule has 0 aromatic rings. The zero-order chi connectivity index (χ0) is 11.2. The number of aliphatic hydroxyl groups excluding tert-OH is 1. The first-order chi connectivity index (χ1) is 6.40. The standard InChI is InChI=1S/C9H20N2O2S/c1-7(14-5-3-4-12)6-9(2,11)8(10)13/h7,12H,3-6,11H2,1-2H3,(H2,10,13). The molecule has 0 aromatic heterocycles. The van der Waals surface area contributed by atoms with Gasteiger partial charge in [0, 0.05) is 11.9 Å². The summed E-state index contributed by atoms with van der Waals surface area (Å²) in [6, 6.07) is 0. The molecule has 0 radical (unpaired) electrons. The number of amides is 1.